The SMILES string of the molecule is CCCCCCCCOC(=O)CCCCCCCN(CCCCCCCC(=O)OC(CCCCCCC)CCCCCCCC)CCCn1cnc2c(N)ncnc21. The number of aromatic nitrogens is 4. The van der Waals surface area contributed by atoms with Crippen LogP contribution in [0, 0.1) is 0 Å². The molecule has 10 nitrogen and oxygen atoms in total. The number of imidazole rings is 1. The second kappa shape index (κ2) is 36.1. The van der Waals surface area contributed by atoms with E-state index < -0.39 is 0 Å². The van der Waals surface area contributed by atoms with Crippen LogP contribution < -0.4 is 5.73 Å². The first kappa shape index (κ1) is 51.4. The molecule has 0 fully saturated rings. The Hall–Kier alpha value is -2.75. The highest BCUT2D eigenvalue weighted by Crippen LogP contribution is 2.19. The summed E-state index contributed by atoms with van der Waals surface area (Å²) in [5.74, 6) is 0.405. The van der Waals surface area contributed by atoms with Crippen LogP contribution in [0.25, 0.3) is 11.2 Å². The Morgan fingerprint density at radius 1 is 0.586 bits per heavy atom. The summed E-state index contributed by atoms with van der Waals surface area (Å²) in [5.41, 5.74) is 7.48. The van der Waals surface area contributed by atoms with Gasteiger partial charge in [-0.05, 0) is 83.8 Å². The van der Waals surface area contributed by atoms with E-state index in [2.05, 4.69) is 45.2 Å². The van der Waals surface area contributed by atoms with Gasteiger partial charge in [0.25, 0.3) is 0 Å². The van der Waals surface area contributed by atoms with E-state index in [0.29, 0.717) is 30.8 Å². The van der Waals surface area contributed by atoms with Crippen LogP contribution in [0.1, 0.15) is 226 Å². The van der Waals surface area contributed by atoms with Crippen molar-refractivity contribution in [1.29, 1.82) is 0 Å². The van der Waals surface area contributed by atoms with Crippen LogP contribution in [0.15, 0.2) is 12.7 Å². The predicted octanol–water partition coefficient (Wildman–Crippen LogP) is 12.7. The molecule has 0 amide bonds. The van der Waals surface area contributed by atoms with Crippen LogP contribution in [0.3, 0.4) is 0 Å². The molecule has 2 rings (SSSR count). The second-order valence-electron chi connectivity index (χ2n) is 17.0. The Morgan fingerprint density at radius 3 is 1.66 bits per heavy atom. The van der Waals surface area contributed by atoms with Crippen molar-refractivity contribution >= 4 is 28.9 Å². The minimum absolute atomic E-state index is 0.0129. The summed E-state index contributed by atoms with van der Waals surface area (Å²) in [7, 11) is 0. The van der Waals surface area contributed by atoms with Crippen molar-refractivity contribution in [2.45, 2.75) is 239 Å². The van der Waals surface area contributed by atoms with Crippen molar-refractivity contribution in [2.75, 3.05) is 32.0 Å². The van der Waals surface area contributed by atoms with Gasteiger partial charge in [0.15, 0.2) is 11.5 Å². The van der Waals surface area contributed by atoms with Crippen molar-refractivity contribution < 1.29 is 19.1 Å². The molecule has 0 aromatic carbocycles. The maximum atomic E-state index is 12.8. The zero-order chi connectivity index (χ0) is 41.7. The highest BCUT2D eigenvalue weighted by Gasteiger charge is 2.15. The lowest BCUT2D eigenvalue weighted by molar-refractivity contribution is -0.150. The van der Waals surface area contributed by atoms with Gasteiger partial charge in [-0.3, -0.25) is 9.59 Å². The molecule has 2 aromatic heterocycles. The number of fused-ring (bicyclic) bond motifs is 1. The van der Waals surface area contributed by atoms with E-state index in [-0.39, 0.29) is 18.0 Å². The van der Waals surface area contributed by atoms with Gasteiger partial charge in [-0.25, -0.2) is 15.0 Å². The number of carbonyl (C=O) groups excluding carboxylic acids is 2. The molecule has 0 saturated carbocycles. The van der Waals surface area contributed by atoms with Crippen LogP contribution >= 0.6 is 0 Å². The number of hydrogen-bond donors (Lipinski definition) is 1. The molecule has 2 N–H and O–H groups in total. The maximum Gasteiger partial charge on any atom is 0.306 e. The molecule has 0 aliphatic rings. The number of nitrogen functional groups attached to an aromatic ring is 1. The molecule has 0 saturated heterocycles. The maximum absolute atomic E-state index is 12.8. The minimum atomic E-state index is -0.0320. The van der Waals surface area contributed by atoms with Crippen molar-refractivity contribution in [2.24, 2.45) is 0 Å². The summed E-state index contributed by atoms with van der Waals surface area (Å²) in [6, 6.07) is 0. The first-order valence-corrected chi connectivity index (χ1v) is 24.5. The lowest BCUT2D eigenvalue weighted by atomic mass is 10.0. The molecule has 0 aliphatic heterocycles. The van der Waals surface area contributed by atoms with E-state index in [0.717, 1.165) is 102 Å². The van der Waals surface area contributed by atoms with E-state index in [4.69, 9.17) is 15.2 Å². The number of esters is 2. The number of carbonyl (C=O) groups is 2. The van der Waals surface area contributed by atoms with Gasteiger partial charge in [0.1, 0.15) is 17.9 Å². The number of ether oxygens (including phenoxy) is 2. The topological polar surface area (TPSA) is 125 Å². The molecule has 2 heterocycles. The third kappa shape index (κ3) is 26.4. The monoisotopic (exact) mass is 813 g/mol. The molecule has 1 unspecified atom stereocenters. The lowest BCUT2D eigenvalue weighted by Crippen LogP contribution is -2.28. The first-order valence-electron chi connectivity index (χ1n) is 24.5. The van der Waals surface area contributed by atoms with Crippen LogP contribution in [0.4, 0.5) is 5.82 Å². The number of unbranched alkanes of at least 4 members (excludes halogenated alkanes) is 22. The summed E-state index contributed by atoms with van der Waals surface area (Å²) in [5, 5.41) is 0. The number of anilines is 1. The van der Waals surface area contributed by atoms with Crippen LogP contribution in [-0.2, 0) is 25.6 Å². The lowest BCUT2D eigenvalue weighted by Gasteiger charge is -2.22. The number of aryl methyl sites for hydroxylation is 1. The second-order valence-corrected chi connectivity index (χ2v) is 17.0. The van der Waals surface area contributed by atoms with Crippen molar-refractivity contribution in [3.05, 3.63) is 12.7 Å². The van der Waals surface area contributed by atoms with Gasteiger partial charge in [-0.1, -0.05) is 149 Å². The minimum Gasteiger partial charge on any atom is -0.466 e. The smallest absolute Gasteiger partial charge is 0.306 e. The Labute approximate surface area is 355 Å². The fourth-order valence-electron chi connectivity index (χ4n) is 7.91. The highest BCUT2D eigenvalue weighted by atomic mass is 16.5. The van der Waals surface area contributed by atoms with Gasteiger partial charge in [0, 0.05) is 19.4 Å². The molecule has 334 valence electrons. The average molecular weight is 813 g/mol. The molecule has 0 aliphatic carbocycles. The Morgan fingerprint density at radius 2 is 1.07 bits per heavy atom. The third-order valence-electron chi connectivity index (χ3n) is 11.6. The zero-order valence-corrected chi connectivity index (χ0v) is 37.8. The molecule has 1 atom stereocenters. The molecular formula is C48H88N6O4. The van der Waals surface area contributed by atoms with E-state index in [1.54, 1.807) is 0 Å². The van der Waals surface area contributed by atoms with E-state index in [9.17, 15) is 9.59 Å². The standard InChI is InChI=1S/C48H88N6O4/c1-4-7-10-13-18-25-33-43(32-24-17-12-9-6-3)58-45(56)35-27-20-16-22-29-37-53(38-31-39-54-42-52-46-47(49)50-41-51-48(46)54)36-28-21-15-19-26-34-44(55)57-40-30-23-14-11-8-5-2/h41-43H,4-40H2,1-3H3,(H2,49,50,51). The fourth-order valence-corrected chi connectivity index (χ4v) is 7.91. The van der Waals surface area contributed by atoms with Crippen molar-refractivity contribution in [3.8, 4) is 0 Å². The van der Waals surface area contributed by atoms with Crippen molar-refractivity contribution in [3.63, 3.8) is 0 Å². The molecule has 0 spiro atoms. The predicted molar refractivity (Wildman–Crippen MR) is 242 cm³/mol. The number of hydrogen-bond acceptors (Lipinski definition) is 9. The summed E-state index contributed by atoms with van der Waals surface area (Å²) in [6.07, 6.45) is 39.8. The van der Waals surface area contributed by atoms with Gasteiger partial charge in [-0.2, -0.15) is 0 Å². The number of nitrogens with two attached hydrogens (primary N) is 1. The summed E-state index contributed by atoms with van der Waals surface area (Å²) < 4.78 is 13.6. The normalized spacial score (nSPS) is 12.1. The molecule has 0 bridgehead atoms. The average Bonchev–Trinajstić information content (AvgIpc) is 3.64. The van der Waals surface area contributed by atoms with E-state index in [1.807, 2.05) is 6.33 Å². The number of nitrogens with zero attached hydrogens (tertiary/aromatic N) is 5. The molecule has 0 radical (unpaired) electrons. The summed E-state index contributed by atoms with van der Waals surface area (Å²) in [4.78, 5) is 40.5. The quantitative estimate of drug-likeness (QED) is 0.0516. The third-order valence-corrected chi connectivity index (χ3v) is 11.6. The molecule has 58 heavy (non-hydrogen) atoms. The van der Waals surface area contributed by atoms with Gasteiger partial charge in [0.2, 0.25) is 0 Å². The summed E-state index contributed by atoms with van der Waals surface area (Å²) in [6.45, 7) is 11.4. The van der Waals surface area contributed by atoms with E-state index in [1.165, 1.54) is 128 Å². The van der Waals surface area contributed by atoms with Gasteiger partial charge >= 0.3 is 11.9 Å². The molecule has 10 heteroatoms. The Bertz CT molecular complexity index is 1270. The summed E-state index contributed by atoms with van der Waals surface area (Å²) >= 11 is 0. The Kier molecular flexibility index (Phi) is 32.0. The van der Waals surface area contributed by atoms with Crippen LogP contribution in [0.5, 0.6) is 0 Å². The zero-order valence-electron chi connectivity index (χ0n) is 37.8. The molecular weight excluding hydrogens is 725 g/mol. The first-order chi connectivity index (χ1) is 28.5. The van der Waals surface area contributed by atoms with Crippen molar-refractivity contribution in [1.82, 2.24) is 24.4 Å². The Balaban J connectivity index is 1.68. The van der Waals surface area contributed by atoms with Gasteiger partial charge in [0.05, 0.1) is 12.9 Å². The fraction of sp³-hybridized carbons (Fsp3) is 0.854. The van der Waals surface area contributed by atoms with E-state index >= 15 is 0 Å². The van der Waals surface area contributed by atoms with Crippen LogP contribution in [-0.4, -0.2) is 68.7 Å². The largest absolute Gasteiger partial charge is 0.466 e. The molecule has 2 aromatic rings. The van der Waals surface area contributed by atoms with Gasteiger partial charge < -0.3 is 24.7 Å². The highest BCUT2D eigenvalue weighted by molar-refractivity contribution is 5.81. The van der Waals surface area contributed by atoms with Gasteiger partial charge in [-0.15, -0.1) is 0 Å². The number of rotatable bonds is 41. The van der Waals surface area contributed by atoms with Crippen LogP contribution in [0.2, 0.25) is 0 Å².